The first-order valence-corrected chi connectivity index (χ1v) is 6.96. The van der Waals surface area contributed by atoms with Crippen molar-refractivity contribution in [3.05, 3.63) is 41.3 Å². The zero-order valence-electron chi connectivity index (χ0n) is 12.7. The fourth-order valence-corrected chi connectivity index (χ4v) is 1.92. The van der Waals surface area contributed by atoms with Gasteiger partial charge in [0.25, 0.3) is 0 Å². The molecule has 1 aromatic heterocycles. The molecule has 0 aliphatic rings. The van der Waals surface area contributed by atoms with Gasteiger partial charge in [0.05, 0.1) is 17.9 Å². The van der Waals surface area contributed by atoms with Gasteiger partial charge in [-0.2, -0.15) is 31.3 Å². The van der Waals surface area contributed by atoms with E-state index in [9.17, 15) is 30.7 Å². The molecule has 26 heavy (non-hydrogen) atoms. The summed E-state index contributed by atoms with van der Waals surface area (Å²) in [5.74, 6) is -2.62. The highest BCUT2D eigenvalue weighted by Gasteiger charge is 2.36. The molecular weight excluding hydrogens is 373 g/mol. The predicted octanol–water partition coefficient (Wildman–Crippen LogP) is 3.80. The molecule has 0 saturated carbocycles. The van der Waals surface area contributed by atoms with E-state index in [0.29, 0.717) is 18.2 Å². The van der Waals surface area contributed by atoms with Crippen molar-refractivity contribution in [1.29, 1.82) is 0 Å². The lowest BCUT2D eigenvalue weighted by molar-refractivity contribution is -0.141. The smallest absolute Gasteiger partial charge is 0.395 e. The molecule has 0 aliphatic heterocycles. The van der Waals surface area contributed by atoms with E-state index in [2.05, 4.69) is 15.3 Å². The van der Waals surface area contributed by atoms with E-state index in [1.165, 1.54) is 0 Å². The van der Waals surface area contributed by atoms with Gasteiger partial charge < -0.3 is 15.7 Å². The summed E-state index contributed by atoms with van der Waals surface area (Å²) in [4.78, 5) is 6.73. The molecular formula is C14H11F7N4O. The Hall–Kier alpha value is -2.63. The number of nitrogens with one attached hydrogen (secondary N) is 2. The predicted molar refractivity (Wildman–Crippen MR) is 77.3 cm³/mol. The van der Waals surface area contributed by atoms with E-state index >= 15 is 0 Å². The van der Waals surface area contributed by atoms with Crippen LogP contribution in [0.3, 0.4) is 0 Å². The van der Waals surface area contributed by atoms with Crippen LogP contribution >= 0.6 is 0 Å². The van der Waals surface area contributed by atoms with Crippen molar-refractivity contribution in [2.45, 2.75) is 12.4 Å². The number of hydrogen-bond acceptors (Lipinski definition) is 5. The van der Waals surface area contributed by atoms with E-state index in [0.717, 1.165) is 6.07 Å². The van der Waals surface area contributed by atoms with Gasteiger partial charge in [-0.05, 0) is 12.1 Å². The minimum Gasteiger partial charge on any atom is -0.395 e. The number of anilines is 3. The Labute approximate surface area is 141 Å². The molecule has 3 N–H and O–H groups in total. The molecule has 1 aromatic carbocycles. The monoisotopic (exact) mass is 384 g/mol. The van der Waals surface area contributed by atoms with E-state index < -0.39 is 53.5 Å². The number of nitrogens with zero attached hydrogens (tertiary/aromatic N) is 2. The molecule has 0 aliphatic carbocycles. The highest BCUT2D eigenvalue weighted by molar-refractivity contribution is 5.63. The van der Waals surface area contributed by atoms with Gasteiger partial charge in [-0.25, -0.2) is 9.37 Å². The SMILES string of the molecule is OCCNc1nc(Nc2c(F)cccc2C(F)(F)F)cc(C(F)(F)F)n1. The average Bonchev–Trinajstić information content (AvgIpc) is 2.53. The molecule has 2 aromatic rings. The number of alkyl halides is 6. The molecule has 0 amide bonds. The Morgan fingerprint density at radius 1 is 1.00 bits per heavy atom. The molecule has 0 saturated heterocycles. The molecule has 0 bridgehead atoms. The number of aromatic nitrogens is 2. The van der Waals surface area contributed by atoms with Crippen molar-refractivity contribution < 1.29 is 35.8 Å². The number of hydrogen-bond donors (Lipinski definition) is 3. The summed E-state index contributed by atoms with van der Waals surface area (Å²) in [6.07, 6.45) is -9.86. The van der Waals surface area contributed by atoms with Gasteiger partial charge in [0.2, 0.25) is 5.95 Å². The molecule has 0 unspecified atom stereocenters. The second-order valence-electron chi connectivity index (χ2n) is 4.90. The fourth-order valence-electron chi connectivity index (χ4n) is 1.92. The lowest BCUT2D eigenvalue weighted by Crippen LogP contribution is -2.16. The first-order chi connectivity index (χ1) is 12.0. The van der Waals surface area contributed by atoms with E-state index in [1.54, 1.807) is 0 Å². The van der Waals surface area contributed by atoms with Gasteiger partial charge in [-0.3, -0.25) is 0 Å². The summed E-state index contributed by atoms with van der Waals surface area (Å²) < 4.78 is 91.5. The van der Waals surface area contributed by atoms with Gasteiger partial charge in [0.1, 0.15) is 11.6 Å². The molecule has 1 heterocycles. The van der Waals surface area contributed by atoms with Gasteiger partial charge in [-0.15, -0.1) is 0 Å². The summed E-state index contributed by atoms with van der Waals surface area (Å²) in [5.41, 5.74) is -3.94. The normalized spacial score (nSPS) is 12.2. The maximum Gasteiger partial charge on any atom is 0.433 e. The standard InChI is InChI=1S/C14H11F7N4O/c15-8-3-1-2-7(13(16,17)18)11(8)24-10-6-9(14(19,20)21)23-12(25-10)22-4-5-26/h1-3,6,26H,4-5H2,(H2,22,23,24,25). The van der Waals surface area contributed by atoms with Crippen LogP contribution < -0.4 is 10.6 Å². The summed E-state index contributed by atoms with van der Waals surface area (Å²) in [5, 5.41) is 12.9. The Balaban J connectivity index is 2.50. The summed E-state index contributed by atoms with van der Waals surface area (Å²) in [6.45, 7) is -0.651. The average molecular weight is 384 g/mol. The third kappa shape index (κ3) is 4.71. The largest absolute Gasteiger partial charge is 0.433 e. The van der Waals surface area contributed by atoms with Crippen LogP contribution in [0.2, 0.25) is 0 Å². The van der Waals surface area contributed by atoms with Crippen LogP contribution in [0.15, 0.2) is 24.3 Å². The Morgan fingerprint density at radius 2 is 1.69 bits per heavy atom. The highest BCUT2D eigenvalue weighted by atomic mass is 19.4. The lowest BCUT2D eigenvalue weighted by atomic mass is 10.1. The molecule has 2 rings (SSSR count). The van der Waals surface area contributed by atoms with E-state index in [4.69, 9.17) is 5.11 Å². The van der Waals surface area contributed by atoms with Crippen LogP contribution in [0, 0.1) is 5.82 Å². The van der Waals surface area contributed by atoms with Crippen molar-refractivity contribution in [2.24, 2.45) is 0 Å². The van der Waals surface area contributed by atoms with Crippen molar-refractivity contribution in [3.63, 3.8) is 0 Å². The third-order valence-electron chi connectivity index (χ3n) is 2.98. The van der Waals surface area contributed by atoms with Crippen molar-refractivity contribution >= 4 is 17.5 Å². The molecule has 0 fully saturated rings. The molecule has 12 heteroatoms. The number of para-hydroxylation sites is 1. The van der Waals surface area contributed by atoms with Crippen LogP contribution in [0.4, 0.5) is 48.2 Å². The van der Waals surface area contributed by atoms with Crippen LogP contribution in [-0.2, 0) is 12.4 Å². The quantitative estimate of drug-likeness (QED) is 0.685. The molecule has 0 atom stereocenters. The maximum absolute atomic E-state index is 13.8. The molecule has 0 radical (unpaired) electrons. The van der Waals surface area contributed by atoms with E-state index in [-0.39, 0.29) is 6.54 Å². The first-order valence-electron chi connectivity index (χ1n) is 6.96. The Bertz CT molecular complexity index is 777. The van der Waals surface area contributed by atoms with Crippen LogP contribution in [0.5, 0.6) is 0 Å². The first kappa shape index (κ1) is 19.7. The number of halogens is 7. The summed E-state index contributed by atoms with van der Waals surface area (Å²) >= 11 is 0. The second-order valence-corrected chi connectivity index (χ2v) is 4.90. The van der Waals surface area contributed by atoms with E-state index in [1.807, 2.05) is 5.32 Å². The van der Waals surface area contributed by atoms with Gasteiger partial charge >= 0.3 is 12.4 Å². The van der Waals surface area contributed by atoms with Crippen LogP contribution in [-0.4, -0.2) is 28.2 Å². The molecule has 5 nitrogen and oxygen atoms in total. The summed E-state index contributed by atoms with van der Waals surface area (Å²) in [6, 6.07) is 2.45. The third-order valence-corrected chi connectivity index (χ3v) is 2.98. The second kappa shape index (κ2) is 7.32. The van der Waals surface area contributed by atoms with Crippen LogP contribution in [0.1, 0.15) is 11.3 Å². The lowest BCUT2D eigenvalue weighted by Gasteiger charge is -2.16. The van der Waals surface area contributed by atoms with Crippen molar-refractivity contribution in [2.75, 3.05) is 23.8 Å². The van der Waals surface area contributed by atoms with Crippen molar-refractivity contribution in [3.8, 4) is 0 Å². The zero-order valence-corrected chi connectivity index (χ0v) is 12.7. The van der Waals surface area contributed by atoms with Gasteiger partial charge in [0, 0.05) is 12.6 Å². The number of benzene rings is 1. The number of rotatable bonds is 5. The Kier molecular flexibility index (Phi) is 5.54. The fraction of sp³-hybridized carbons (Fsp3) is 0.286. The van der Waals surface area contributed by atoms with Crippen molar-refractivity contribution in [1.82, 2.24) is 9.97 Å². The topological polar surface area (TPSA) is 70.1 Å². The molecule has 0 spiro atoms. The van der Waals surface area contributed by atoms with Gasteiger partial charge in [0.15, 0.2) is 5.69 Å². The Morgan fingerprint density at radius 3 is 2.27 bits per heavy atom. The number of aliphatic hydroxyl groups excluding tert-OH is 1. The maximum atomic E-state index is 13.8. The highest BCUT2D eigenvalue weighted by Crippen LogP contribution is 2.38. The minimum atomic E-state index is -4.94. The van der Waals surface area contributed by atoms with Crippen LogP contribution in [0.25, 0.3) is 0 Å². The van der Waals surface area contributed by atoms with Gasteiger partial charge in [-0.1, -0.05) is 6.07 Å². The molecule has 142 valence electrons. The number of aliphatic hydroxyl groups is 1. The summed E-state index contributed by atoms with van der Waals surface area (Å²) in [7, 11) is 0. The zero-order chi connectivity index (χ0) is 19.5. The minimum absolute atomic E-state index is 0.200.